The van der Waals surface area contributed by atoms with E-state index in [2.05, 4.69) is 20.0 Å². The highest BCUT2D eigenvalue weighted by molar-refractivity contribution is 5.93. The van der Waals surface area contributed by atoms with Gasteiger partial charge in [-0.05, 0) is 19.1 Å². The molecule has 3 aromatic rings. The van der Waals surface area contributed by atoms with Gasteiger partial charge in [0.05, 0.1) is 12.1 Å². The van der Waals surface area contributed by atoms with Gasteiger partial charge in [0.1, 0.15) is 0 Å². The molecule has 1 aliphatic heterocycles. The van der Waals surface area contributed by atoms with Crippen molar-refractivity contribution >= 4 is 5.91 Å². The van der Waals surface area contributed by atoms with E-state index in [1.54, 1.807) is 24.5 Å². The zero-order valence-electron chi connectivity index (χ0n) is 15.2. The summed E-state index contributed by atoms with van der Waals surface area (Å²) in [6.07, 6.45) is 3.28. The number of aromatic nitrogens is 3. The van der Waals surface area contributed by atoms with Crippen molar-refractivity contribution in [2.45, 2.75) is 13.5 Å². The number of piperazine rings is 1. The molecule has 0 bridgehead atoms. The van der Waals surface area contributed by atoms with Gasteiger partial charge in [0.25, 0.3) is 5.91 Å². The van der Waals surface area contributed by atoms with Crippen molar-refractivity contribution in [2.24, 2.45) is 0 Å². The largest absolute Gasteiger partial charge is 0.338 e. The van der Waals surface area contributed by atoms with Gasteiger partial charge >= 0.3 is 0 Å². The first-order valence-electron chi connectivity index (χ1n) is 9.00. The number of benzene rings is 1. The Bertz CT molecular complexity index is 900. The van der Waals surface area contributed by atoms with Crippen molar-refractivity contribution < 1.29 is 9.32 Å². The molecule has 7 nitrogen and oxygen atoms in total. The SMILES string of the molecule is Cc1ccc(-c2noc(CN3CCN(C(=O)c4cccnc4)CC3)n2)cc1. The average molecular weight is 363 g/mol. The lowest BCUT2D eigenvalue weighted by molar-refractivity contribution is 0.0614. The van der Waals surface area contributed by atoms with Crippen LogP contribution in [0.15, 0.2) is 53.3 Å². The maximum Gasteiger partial charge on any atom is 0.255 e. The van der Waals surface area contributed by atoms with Crippen molar-refractivity contribution in [1.82, 2.24) is 24.9 Å². The molecule has 0 radical (unpaired) electrons. The van der Waals surface area contributed by atoms with Crippen molar-refractivity contribution in [3.05, 3.63) is 65.8 Å². The third-order valence-electron chi connectivity index (χ3n) is 4.70. The van der Waals surface area contributed by atoms with Crippen LogP contribution < -0.4 is 0 Å². The molecule has 1 fully saturated rings. The van der Waals surface area contributed by atoms with Gasteiger partial charge in [0.15, 0.2) is 0 Å². The van der Waals surface area contributed by atoms with Crippen molar-refractivity contribution in [2.75, 3.05) is 26.2 Å². The normalized spacial score (nSPS) is 15.1. The van der Waals surface area contributed by atoms with Crippen LogP contribution in [0.5, 0.6) is 0 Å². The van der Waals surface area contributed by atoms with Gasteiger partial charge in [-0.3, -0.25) is 14.7 Å². The molecule has 3 heterocycles. The molecule has 138 valence electrons. The van der Waals surface area contributed by atoms with E-state index in [-0.39, 0.29) is 5.91 Å². The molecule has 1 amide bonds. The van der Waals surface area contributed by atoms with Crippen LogP contribution in [0.2, 0.25) is 0 Å². The van der Waals surface area contributed by atoms with Gasteiger partial charge in [-0.1, -0.05) is 35.0 Å². The summed E-state index contributed by atoms with van der Waals surface area (Å²) in [4.78, 5) is 25.1. The van der Waals surface area contributed by atoms with E-state index < -0.39 is 0 Å². The minimum atomic E-state index is 0.0298. The predicted octanol–water partition coefficient (Wildman–Crippen LogP) is 2.40. The number of rotatable bonds is 4. The molecular weight excluding hydrogens is 342 g/mol. The van der Waals surface area contributed by atoms with Crippen LogP contribution in [0, 0.1) is 6.92 Å². The molecule has 0 aliphatic carbocycles. The summed E-state index contributed by atoms with van der Waals surface area (Å²) in [5.41, 5.74) is 2.77. The summed E-state index contributed by atoms with van der Waals surface area (Å²) in [7, 11) is 0. The first-order chi connectivity index (χ1) is 13.2. The monoisotopic (exact) mass is 363 g/mol. The minimum absolute atomic E-state index is 0.0298. The number of carbonyl (C=O) groups excluding carboxylic acids is 1. The smallest absolute Gasteiger partial charge is 0.255 e. The van der Waals surface area contributed by atoms with Crippen LogP contribution in [-0.4, -0.2) is 57.0 Å². The zero-order valence-corrected chi connectivity index (χ0v) is 15.2. The van der Waals surface area contributed by atoms with Crippen LogP contribution in [0.4, 0.5) is 0 Å². The lowest BCUT2D eigenvalue weighted by Crippen LogP contribution is -2.48. The number of aryl methyl sites for hydroxylation is 1. The highest BCUT2D eigenvalue weighted by Crippen LogP contribution is 2.17. The molecule has 4 rings (SSSR count). The van der Waals surface area contributed by atoms with Crippen LogP contribution >= 0.6 is 0 Å². The second-order valence-corrected chi connectivity index (χ2v) is 6.69. The Hall–Kier alpha value is -3.06. The molecule has 1 aliphatic rings. The third-order valence-corrected chi connectivity index (χ3v) is 4.70. The van der Waals surface area contributed by atoms with E-state index in [1.807, 2.05) is 36.1 Å². The van der Waals surface area contributed by atoms with E-state index >= 15 is 0 Å². The molecule has 0 atom stereocenters. The second kappa shape index (κ2) is 7.67. The van der Waals surface area contributed by atoms with E-state index in [4.69, 9.17) is 4.52 Å². The lowest BCUT2D eigenvalue weighted by Gasteiger charge is -2.33. The van der Waals surface area contributed by atoms with Gasteiger partial charge in [0, 0.05) is 44.1 Å². The fraction of sp³-hybridized carbons (Fsp3) is 0.300. The molecule has 0 unspecified atom stereocenters. The summed E-state index contributed by atoms with van der Waals surface area (Å²) in [6.45, 7) is 5.53. The molecule has 1 saturated heterocycles. The lowest BCUT2D eigenvalue weighted by atomic mass is 10.1. The number of hydrogen-bond donors (Lipinski definition) is 0. The Labute approximate surface area is 157 Å². The molecule has 2 aromatic heterocycles. The summed E-state index contributed by atoms with van der Waals surface area (Å²) >= 11 is 0. The summed E-state index contributed by atoms with van der Waals surface area (Å²) in [5, 5.41) is 4.08. The quantitative estimate of drug-likeness (QED) is 0.709. The van der Waals surface area contributed by atoms with E-state index in [0.717, 1.165) is 18.7 Å². The van der Waals surface area contributed by atoms with Gasteiger partial charge in [-0.15, -0.1) is 0 Å². The highest BCUT2D eigenvalue weighted by Gasteiger charge is 2.23. The molecule has 0 saturated carbocycles. The van der Waals surface area contributed by atoms with Gasteiger partial charge in [-0.25, -0.2) is 0 Å². The van der Waals surface area contributed by atoms with Crippen LogP contribution in [0.25, 0.3) is 11.4 Å². The van der Waals surface area contributed by atoms with Crippen LogP contribution in [0.3, 0.4) is 0 Å². The van der Waals surface area contributed by atoms with Crippen LogP contribution in [0.1, 0.15) is 21.8 Å². The molecule has 1 aromatic carbocycles. The number of nitrogens with zero attached hydrogens (tertiary/aromatic N) is 5. The van der Waals surface area contributed by atoms with Crippen molar-refractivity contribution in [3.63, 3.8) is 0 Å². The Morgan fingerprint density at radius 2 is 1.89 bits per heavy atom. The van der Waals surface area contributed by atoms with Crippen LogP contribution in [-0.2, 0) is 6.54 Å². The maximum absolute atomic E-state index is 12.5. The van der Waals surface area contributed by atoms with E-state index in [9.17, 15) is 4.79 Å². The molecule has 0 spiro atoms. The molecule has 0 N–H and O–H groups in total. The topological polar surface area (TPSA) is 75.4 Å². The Morgan fingerprint density at radius 3 is 2.59 bits per heavy atom. The summed E-state index contributed by atoms with van der Waals surface area (Å²) in [5.74, 6) is 1.23. The predicted molar refractivity (Wildman–Crippen MR) is 99.9 cm³/mol. The Kier molecular flexibility index (Phi) is 4.93. The van der Waals surface area contributed by atoms with Gasteiger partial charge in [0.2, 0.25) is 11.7 Å². The van der Waals surface area contributed by atoms with Crippen molar-refractivity contribution in [3.8, 4) is 11.4 Å². The van der Waals surface area contributed by atoms with Crippen molar-refractivity contribution in [1.29, 1.82) is 0 Å². The van der Waals surface area contributed by atoms with Gasteiger partial charge in [-0.2, -0.15) is 4.98 Å². The molecule has 7 heteroatoms. The third kappa shape index (κ3) is 4.03. The average Bonchev–Trinajstić information content (AvgIpc) is 3.18. The maximum atomic E-state index is 12.5. The van der Waals surface area contributed by atoms with E-state index in [0.29, 0.717) is 36.9 Å². The summed E-state index contributed by atoms with van der Waals surface area (Å²) < 4.78 is 5.40. The second-order valence-electron chi connectivity index (χ2n) is 6.69. The first kappa shape index (κ1) is 17.4. The number of carbonyl (C=O) groups is 1. The Balaban J connectivity index is 1.33. The first-order valence-corrected chi connectivity index (χ1v) is 9.00. The summed E-state index contributed by atoms with van der Waals surface area (Å²) in [6, 6.07) is 11.6. The fourth-order valence-electron chi connectivity index (χ4n) is 3.11. The number of hydrogen-bond acceptors (Lipinski definition) is 6. The number of amides is 1. The number of pyridine rings is 1. The molecular formula is C20H21N5O2. The minimum Gasteiger partial charge on any atom is -0.338 e. The fourth-order valence-corrected chi connectivity index (χ4v) is 3.11. The highest BCUT2D eigenvalue weighted by atomic mass is 16.5. The zero-order chi connectivity index (χ0) is 18.6. The van der Waals surface area contributed by atoms with E-state index in [1.165, 1.54) is 5.56 Å². The standard InChI is InChI=1S/C20H21N5O2/c1-15-4-6-16(7-5-15)19-22-18(27-23-19)14-24-9-11-25(12-10-24)20(26)17-3-2-8-21-13-17/h2-8,13H,9-12,14H2,1H3. The van der Waals surface area contributed by atoms with Gasteiger partial charge < -0.3 is 9.42 Å². The Morgan fingerprint density at radius 1 is 1.11 bits per heavy atom. The molecule has 27 heavy (non-hydrogen) atoms.